The molecule has 0 saturated heterocycles. The van der Waals surface area contributed by atoms with E-state index in [1.54, 1.807) is 6.92 Å². The van der Waals surface area contributed by atoms with Crippen molar-refractivity contribution in [3.63, 3.8) is 0 Å². The van der Waals surface area contributed by atoms with E-state index in [1.165, 1.54) is 27.4 Å². The maximum Gasteiger partial charge on any atom is 0.360 e. The predicted octanol–water partition coefficient (Wildman–Crippen LogP) is 2.89. The molecule has 10 heteroatoms. The third-order valence-electron chi connectivity index (χ3n) is 3.22. The monoisotopic (exact) mass is 428 g/mol. The number of oxazole rings is 1. The minimum Gasteiger partial charge on any atom is -0.493 e. The number of hydrogen-bond acceptors (Lipinski definition) is 8. The Balaban J connectivity index is 2.31. The second-order valence-electron chi connectivity index (χ2n) is 4.72. The number of methoxy groups -OCH3 is 3. The first-order valence-electron chi connectivity index (χ1n) is 7.39. The average Bonchev–Trinajstić information content (AvgIpc) is 3.09. The highest BCUT2D eigenvalue weighted by Crippen LogP contribution is 2.44. The Kier molecular flexibility index (Phi) is 6.45. The van der Waals surface area contributed by atoms with E-state index in [-0.39, 0.29) is 29.6 Å². The summed E-state index contributed by atoms with van der Waals surface area (Å²) in [6, 6.07) is 1.31. The van der Waals surface area contributed by atoms with Gasteiger partial charge >= 0.3 is 12.0 Å². The Morgan fingerprint density at radius 3 is 2.46 bits per heavy atom. The molecule has 0 spiro atoms. The maximum atomic E-state index is 12.6. The average molecular weight is 429 g/mol. The Labute approximate surface area is 157 Å². The summed E-state index contributed by atoms with van der Waals surface area (Å²) in [7, 11) is 4.33. The van der Waals surface area contributed by atoms with Gasteiger partial charge in [-0.2, -0.15) is 4.98 Å². The van der Waals surface area contributed by atoms with Crippen LogP contribution in [0.3, 0.4) is 0 Å². The van der Waals surface area contributed by atoms with Crippen LogP contribution in [0.1, 0.15) is 27.8 Å². The number of carbonyl (C=O) groups excluding carboxylic acids is 2. The number of amides is 1. The van der Waals surface area contributed by atoms with Gasteiger partial charge in [0.2, 0.25) is 5.75 Å². The zero-order valence-corrected chi connectivity index (χ0v) is 16.1. The van der Waals surface area contributed by atoms with Gasteiger partial charge < -0.3 is 23.4 Å². The van der Waals surface area contributed by atoms with E-state index in [1.807, 2.05) is 0 Å². The number of esters is 1. The predicted molar refractivity (Wildman–Crippen MR) is 94.2 cm³/mol. The van der Waals surface area contributed by atoms with Crippen LogP contribution in [-0.2, 0) is 4.74 Å². The molecule has 26 heavy (non-hydrogen) atoms. The van der Waals surface area contributed by atoms with Crippen LogP contribution in [0.25, 0.3) is 0 Å². The van der Waals surface area contributed by atoms with Gasteiger partial charge in [-0.25, -0.2) is 4.79 Å². The van der Waals surface area contributed by atoms with E-state index in [0.29, 0.717) is 16.0 Å². The standard InChI is InChI=1S/C16H17BrN2O7/c1-5-25-15(21)9-7-26-16(18-9)19-14(20)8-6-10(22-2)12(23-3)13(24-4)11(8)17/h6-7H,5H2,1-4H3,(H,18,19,20). The summed E-state index contributed by atoms with van der Waals surface area (Å²) in [5, 5.41) is 2.45. The van der Waals surface area contributed by atoms with E-state index in [2.05, 4.69) is 26.2 Å². The second-order valence-corrected chi connectivity index (χ2v) is 5.51. The molecule has 0 fully saturated rings. The van der Waals surface area contributed by atoms with Gasteiger partial charge in [0.1, 0.15) is 6.26 Å². The first-order chi connectivity index (χ1) is 12.5. The van der Waals surface area contributed by atoms with Crippen LogP contribution in [0.2, 0.25) is 0 Å². The first-order valence-corrected chi connectivity index (χ1v) is 8.18. The third kappa shape index (κ3) is 3.90. The Morgan fingerprint density at radius 2 is 1.88 bits per heavy atom. The molecule has 9 nitrogen and oxygen atoms in total. The van der Waals surface area contributed by atoms with Crippen LogP contribution in [0.4, 0.5) is 6.01 Å². The summed E-state index contributed by atoms with van der Waals surface area (Å²) in [5.74, 6) is -0.285. The van der Waals surface area contributed by atoms with E-state index in [0.717, 1.165) is 6.26 Å². The van der Waals surface area contributed by atoms with Gasteiger partial charge in [0.05, 0.1) is 38.0 Å². The molecule has 1 aromatic heterocycles. The lowest BCUT2D eigenvalue weighted by Gasteiger charge is -2.16. The van der Waals surface area contributed by atoms with Crippen molar-refractivity contribution >= 4 is 33.8 Å². The zero-order chi connectivity index (χ0) is 19.3. The molecule has 0 aliphatic carbocycles. The van der Waals surface area contributed by atoms with Crippen LogP contribution in [0.15, 0.2) is 21.2 Å². The van der Waals surface area contributed by atoms with E-state index < -0.39 is 11.9 Å². The number of anilines is 1. The highest BCUT2D eigenvalue weighted by molar-refractivity contribution is 9.10. The highest BCUT2D eigenvalue weighted by atomic mass is 79.9. The summed E-state index contributed by atoms with van der Waals surface area (Å²) in [5.41, 5.74) is 0.140. The quantitative estimate of drug-likeness (QED) is 0.670. The molecule has 1 amide bonds. The first kappa shape index (κ1) is 19.6. The fourth-order valence-electron chi connectivity index (χ4n) is 2.08. The molecular formula is C16H17BrN2O7. The molecule has 2 rings (SSSR count). The maximum absolute atomic E-state index is 12.6. The Morgan fingerprint density at radius 1 is 1.19 bits per heavy atom. The molecule has 140 valence electrons. The van der Waals surface area contributed by atoms with E-state index in [4.69, 9.17) is 23.4 Å². The number of ether oxygens (including phenoxy) is 4. The second kappa shape index (κ2) is 8.56. The van der Waals surface area contributed by atoms with Crippen molar-refractivity contribution in [1.82, 2.24) is 4.98 Å². The number of hydrogen-bond donors (Lipinski definition) is 1. The molecule has 1 heterocycles. The minimum absolute atomic E-state index is 0.0499. The van der Waals surface area contributed by atoms with Gasteiger partial charge in [0.25, 0.3) is 5.91 Å². The summed E-state index contributed by atoms with van der Waals surface area (Å²) < 4.78 is 26.0. The number of nitrogens with zero attached hydrogens (tertiary/aromatic N) is 1. The fourth-order valence-corrected chi connectivity index (χ4v) is 2.72. The zero-order valence-electron chi connectivity index (χ0n) is 14.5. The topological polar surface area (TPSA) is 109 Å². The molecule has 0 aliphatic rings. The summed E-state index contributed by atoms with van der Waals surface area (Å²) >= 11 is 3.31. The molecule has 2 aromatic rings. The molecule has 1 aromatic carbocycles. The summed E-state index contributed by atoms with van der Waals surface area (Å²) in [6.07, 6.45) is 1.10. The normalized spacial score (nSPS) is 10.2. The van der Waals surface area contributed by atoms with Gasteiger partial charge in [0.15, 0.2) is 17.2 Å². The van der Waals surface area contributed by atoms with Crippen LogP contribution in [-0.4, -0.2) is 44.8 Å². The van der Waals surface area contributed by atoms with Crippen molar-refractivity contribution < 1.29 is 33.0 Å². The lowest BCUT2D eigenvalue weighted by atomic mass is 10.1. The van der Waals surface area contributed by atoms with Gasteiger partial charge in [-0.15, -0.1) is 0 Å². The van der Waals surface area contributed by atoms with Gasteiger partial charge in [0, 0.05) is 0 Å². The van der Waals surface area contributed by atoms with Crippen molar-refractivity contribution in [2.45, 2.75) is 6.92 Å². The van der Waals surface area contributed by atoms with Crippen molar-refractivity contribution in [3.05, 3.63) is 28.1 Å². The van der Waals surface area contributed by atoms with Gasteiger partial charge in [-0.3, -0.25) is 10.1 Å². The van der Waals surface area contributed by atoms with Crippen molar-refractivity contribution in [3.8, 4) is 17.2 Å². The Hall–Kier alpha value is -2.75. The molecule has 1 N–H and O–H groups in total. The lowest BCUT2D eigenvalue weighted by Crippen LogP contribution is -2.14. The highest BCUT2D eigenvalue weighted by Gasteiger charge is 2.24. The van der Waals surface area contributed by atoms with Crippen molar-refractivity contribution in [2.75, 3.05) is 33.3 Å². The number of halogens is 1. The van der Waals surface area contributed by atoms with Crippen LogP contribution < -0.4 is 19.5 Å². The van der Waals surface area contributed by atoms with Gasteiger partial charge in [-0.05, 0) is 28.9 Å². The van der Waals surface area contributed by atoms with E-state index >= 15 is 0 Å². The smallest absolute Gasteiger partial charge is 0.360 e. The molecule has 0 unspecified atom stereocenters. The molecule has 0 aliphatic heterocycles. The van der Waals surface area contributed by atoms with Crippen molar-refractivity contribution in [1.29, 1.82) is 0 Å². The Bertz CT molecular complexity index is 819. The van der Waals surface area contributed by atoms with E-state index in [9.17, 15) is 9.59 Å². The lowest BCUT2D eigenvalue weighted by molar-refractivity contribution is 0.0519. The fraction of sp³-hybridized carbons (Fsp3) is 0.312. The SMILES string of the molecule is CCOC(=O)c1coc(NC(=O)c2cc(OC)c(OC)c(OC)c2Br)n1. The summed E-state index contributed by atoms with van der Waals surface area (Å²) in [4.78, 5) is 28.0. The minimum atomic E-state index is -0.647. The molecule has 0 saturated carbocycles. The van der Waals surface area contributed by atoms with Crippen molar-refractivity contribution in [2.24, 2.45) is 0 Å². The number of benzene rings is 1. The largest absolute Gasteiger partial charge is 0.493 e. The molecule has 0 radical (unpaired) electrons. The molecule has 0 bridgehead atoms. The molecular weight excluding hydrogens is 412 g/mol. The van der Waals surface area contributed by atoms with Crippen LogP contribution >= 0.6 is 15.9 Å². The van der Waals surface area contributed by atoms with Crippen LogP contribution in [0, 0.1) is 0 Å². The summed E-state index contributed by atoms with van der Waals surface area (Å²) in [6.45, 7) is 1.87. The number of carbonyl (C=O) groups is 2. The third-order valence-corrected chi connectivity index (χ3v) is 4.01. The molecule has 0 atom stereocenters. The van der Waals surface area contributed by atoms with Crippen LogP contribution in [0.5, 0.6) is 17.2 Å². The van der Waals surface area contributed by atoms with Gasteiger partial charge in [-0.1, -0.05) is 0 Å². The number of aromatic nitrogens is 1. The number of rotatable bonds is 7. The number of nitrogens with one attached hydrogen (secondary N) is 1.